The van der Waals surface area contributed by atoms with Gasteiger partial charge in [0.15, 0.2) is 5.13 Å². The Labute approximate surface area is 176 Å². The Morgan fingerprint density at radius 2 is 1.83 bits per heavy atom. The Morgan fingerprint density at radius 3 is 2.62 bits per heavy atom. The molecule has 1 aliphatic heterocycles. The lowest BCUT2D eigenvalue weighted by Gasteiger charge is -2.34. The van der Waals surface area contributed by atoms with Gasteiger partial charge in [-0.25, -0.2) is 15.0 Å². The van der Waals surface area contributed by atoms with Gasteiger partial charge in [0.05, 0.1) is 12.1 Å². The monoisotopic (exact) mass is 421 g/mol. The molecule has 0 radical (unpaired) electrons. The Bertz CT molecular complexity index is 1100. The van der Waals surface area contributed by atoms with Crippen LogP contribution in [0.4, 0.5) is 5.13 Å². The molecule has 0 bridgehead atoms. The van der Waals surface area contributed by atoms with Gasteiger partial charge in [0.25, 0.3) is 0 Å². The predicted octanol–water partition coefficient (Wildman–Crippen LogP) is 3.71. The first-order chi connectivity index (χ1) is 14.3. The van der Waals surface area contributed by atoms with Crippen LogP contribution < -0.4 is 4.90 Å². The zero-order valence-electron chi connectivity index (χ0n) is 15.7. The number of carbonyl (C=O) groups excluding carboxylic acids is 1. The van der Waals surface area contributed by atoms with E-state index in [9.17, 15) is 4.79 Å². The molecule has 5 rings (SSSR count). The summed E-state index contributed by atoms with van der Waals surface area (Å²) in [6.07, 6.45) is 2.15. The molecule has 1 amide bonds. The molecule has 6 nitrogen and oxygen atoms in total. The number of fused-ring (bicyclic) bond motifs is 1. The van der Waals surface area contributed by atoms with Gasteiger partial charge in [-0.3, -0.25) is 4.79 Å². The van der Waals surface area contributed by atoms with Gasteiger partial charge >= 0.3 is 0 Å². The number of hydrogen-bond acceptors (Lipinski definition) is 7. The summed E-state index contributed by atoms with van der Waals surface area (Å²) in [5, 5.41) is 3.94. The van der Waals surface area contributed by atoms with Crippen LogP contribution >= 0.6 is 22.7 Å². The van der Waals surface area contributed by atoms with Crippen molar-refractivity contribution in [2.45, 2.75) is 6.42 Å². The highest BCUT2D eigenvalue weighted by Crippen LogP contribution is 2.28. The predicted molar refractivity (Wildman–Crippen MR) is 117 cm³/mol. The van der Waals surface area contributed by atoms with Crippen LogP contribution in [0.15, 0.2) is 54.0 Å². The van der Waals surface area contributed by atoms with E-state index in [1.54, 1.807) is 28.9 Å². The number of pyridine rings is 1. The molecule has 4 heterocycles. The van der Waals surface area contributed by atoms with Gasteiger partial charge in [0.2, 0.25) is 5.91 Å². The molecule has 1 saturated heterocycles. The SMILES string of the molecule is O=C(Cc1csc(-c2ccccc2)n1)N1CCN(c2nc3cccnc3s2)CC1. The third kappa shape index (κ3) is 3.86. The normalized spacial score (nSPS) is 14.5. The van der Waals surface area contributed by atoms with Gasteiger partial charge in [-0.2, -0.15) is 0 Å². The van der Waals surface area contributed by atoms with E-state index < -0.39 is 0 Å². The maximum absolute atomic E-state index is 12.7. The van der Waals surface area contributed by atoms with Gasteiger partial charge in [0.1, 0.15) is 15.4 Å². The van der Waals surface area contributed by atoms with Crippen molar-refractivity contribution in [2.75, 3.05) is 31.1 Å². The van der Waals surface area contributed by atoms with E-state index >= 15 is 0 Å². The minimum absolute atomic E-state index is 0.139. The summed E-state index contributed by atoms with van der Waals surface area (Å²) in [4.78, 5) is 31.6. The van der Waals surface area contributed by atoms with Gasteiger partial charge < -0.3 is 9.80 Å². The number of carbonyl (C=O) groups is 1. The van der Waals surface area contributed by atoms with Crippen LogP contribution in [-0.4, -0.2) is 51.9 Å². The van der Waals surface area contributed by atoms with Crippen LogP contribution in [0.1, 0.15) is 5.69 Å². The fourth-order valence-corrected chi connectivity index (χ4v) is 5.20. The lowest BCUT2D eigenvalue weighted by atomic mass is 10.2. The van der Waals surface area contributed by atoms with Crippen LogP contribution in [0.3, 0.4) is 0 Å². The molecular weight excluding hydrogens is 402 g/mol. The Kier molecular flexibility index (Phi) is 4.95. The fraction of sp³-hybridized carbons (Fsp3) is 0.238. The molecule has 0 unspecified atom stereocenters. The fourth-order valence-electron chi connectivity index (χ4n) is 3.41. The van der Waals surface area contributed by atoms with Crippen molar-refractivity contribution in [3.05, 3.63) is 59.7 Å². The van der Waals surface area contributed by atoms with Crippen molar-refractivity contribution in [3.63, 3.8) is 0 Å². The molecule has 29 heavy (non-hydrogen) atoms. The zero-order chi connectivity index (χ0) is 19.6. The first kappa shape index (κ1) is 18.2. The van der Waals surface area contributed by atoms with Crippen molar-refractivity contribution in [1.82, 2.24) is 19.9 Å². The van der Waals surface area contributed by atoms with Crippen LogP contribution in [0, 0.1) is 0 Å². The standard InChI is InChI=1S/C21H19N5OS2/c27-18(13-16-14-28-19(23-16)15-5-2-1-3-6-15)25-9-11-26(12-10-25)21-24-17-7-4-8-22-20(17)29-21/h1-8,14H,9-13H2. The maximum Gasteiger partial charge on any atom is 0.228 e. The van der Waals surface area contributed by atoms with Crippen LogP contribution in [0.5, 0.6) is 0 Å². The summed E-state index contributed by atoms with van der Waals surface area (Å²) in [7, 11) is 0. The van der Waals surface area contributed by atoms with Crippen molar-refractivity contribution in [1.29, 1.82) is 0 Å². The van der Waals surface area contributed by atoms with E-state index in [-0.39, 0.29) is 5.91 Å². The van der Waals surface area contributed by atoms with Gasteiger partial charge in [-0.15, -0.1) is 11.3 Å². The van der Waals surface area contributed by atoms with Crippen molar-refractivity contribution in [3.8, 4) is 10.6 Å². The molecule has 8 heteroatoms. The van der Waals surface area contributed by atoms with E-state index in [1.807, 2.05) is 52.7 Å². The largest absolute Gasteiger partial charge is 0.344 e. The third-order valence-corrected chi connectivity index (χ3v) is 6.94. The number of benzene rings is 1. The molecule has 1 fully saturated rings. The quantitative estimate of drug-likeness (QED) is 0.503. The number of nitrogens with zero attached hydrogens (tertiary/aromatic N) is 5. The van der Waals surface area contributed by atoms with E-state index in [1.165, 1.54) is 0 Å². The van der Waals surface area contributed by atoms with Crippen molar-refractivity contribution < 1.29 is 4.79 Å². The van der Waals surface area contributed by atoms with Crippen molar-refractivity contribution in [2.24, 2.45) is 0 Å². The Hall–Kier alpha value is -2.84. The molecule has 1 aliphatic rings. The molecule has 0 spiro atoms. The minimum Gasteiger partial charge on any atom is -0.344 e. The molecule has 146 valence electrons. The Balaban J connectivity index is 1.20. The number of hydrogen-bond donors (Lipinski definition) is 0. The number of amides is 1. The molecule has 3 aromatic heterocycles. The van der Waals surface area contributed by atoms with E-state index in [4.69, 9.17) is 0 Å². The number of anilines is 1. The lowest BCUT2D eigenvalue weighted by molar-refractivity contribution is -0.130. The smallest absolute Gasteiger partial charge is 0.228 e. The highest BCUT2D eigenvalue weighted by molar-refractivity contribution is 7.21. The first-order valence-electron chi connectivity index (χ1n) is 9.50. The second-order valence-corrected chi connectivity index (χ2v) is 8.69. The number of thiazole rings is 2. The third-order valence-electron chi connectivity index (χ3n) is 4.96. The molecule has 4 aromatic rings. The lowest BCUT2D eigenvalue weighted by Crippen LogP contribution is -2.49. The van der Waals surface area contributed by atoms with Crippen LogP contribution in [0.2, 0.25) is 0 Å². The number of aromatic nitrogens is 3. The van der Waals surface area contributed by atoms with E-state index in [2.05, 4.69) is 19.9 Å². The summed E-state index contributed by atoms with van der Waals surface area (Å²) in [5.74, 6) is 0.139. The molecule has 1 aromatic carbocycles. The first-order valence-corrected chi connectivity index (χ1v) is 11.2. The summed E-state index contributed by atoms with van der Waals surface area (Å²) in [6, 6.07) is 14.0. The van der Waals surface area contributed by atoms with Crippen molar-refractivity contribution >= 4 is 44.1 Å². The Morgan fingerprint density at radius 1 is 1.00 bits per heavy atom. The molecule has 0 N–H and O–H groups in total. The summed E-state index contributed by atoms with van der Waals surface area (Å²) in [6.45, 7) is 2.99. The molecular formula is C21H19N5OS2. The van der Waals surface area contributed by atoms with Gasteiger partial charge in [0, 0.05) is 43.3 Å². The van der Waals surface area contributed by atoms with Crippen LogP contribution in [0.25, 0.3) is 20.9 Å². The zero-order valence-corrected chi connectivity index (χ0v) is 17.3. The van der Waals surface area contributed by atoms with E-state index in [0.29, 0.717) is 19.5 Å². The summed E-state index contributed by atoms with van der Waals surface area (Å²) in [5.41, 5.74) is 2.87. The summed E-state index contributed by atoms with van der Waals surface area (Å²) < 4.78 is 0. The second kappa shape index (κ2) is 7.88. The highest BCUT2D eigenvalue weighted by Gasteiger charge is 2.24. The van der Waals surface area contributed by atoms with E-state index in [0.717, 1.165) is 44.8 Å². The summed E-state index contributed by atoms with van der Waals surface area (Å²) >= 11 is 3.20. The second-order valence-electron chi connectivity index (χ2n) is 6.88. The van der Waals surface area contributed by atoms with Gasteiger partial charge in [-0.1, -0.05) is 41.7 Å². The minimum atomic E-state index is 0.139. The van der Waals surface area contributed by atoms with Crippen LogP contribution in [-0.2, 0) is 11.2 Å². The average molecular weight is 422 g/mol. The molecule has 0 saturated carbocycles. The molecule has 0 atom stereocenters. The highest BCUT2D eigenvalue weighted by atomic mass is 32.1. The topological polar surface area (TPSA) is 62.2 Å². The number of rotatable bonds is 4. The molecule has 0 aliphatic carbocycles. The maximum atomic E-state index is 12.7. The van der Waals surface area contributed by atoms with Gasteiger partial charge in [-0.05, 0) is 12.1 Å². The number of piperazine rings is 1. The average Bonchev–Trinajstić information content (AvgIpc) is 3.41.